The smallest absolute Gasteiger partial charge is 0.245 e. The largest absolute Gasteiger partial charge is 0.343 e. The molecular weight excluding hydrogens is 600 g/mol. The molecule has 2 aromatic carbocycles. The van der Waals surface area contributed by atoms with Gasteiger partial charge in [-0.25, -0.2) is 0 Å². The first-order valence-corrected chi connectivity index (χ1v) is 16.7. The second-order valence-corrected chi connectivity index (χ2v) is 13.0. The van der Waals surface area contributed by atoms with Crippen molar-refractivity contribution in [3.63, 3.8) is 0 Å². The summed E-state index contributed by atoms with van der Waals surface area (Å²) in [6.45, 7) is 4.75. The van der Waals surface area contributed by atoms with Gasteiger partial charge in [-0.1, -0.05) is 67.3 Å². The monoisotopic (exact) mass is 644 g/mol. The average molecular weight is 645 g/mol. The minimum atomic E-state index is -0.840. The van der Waals surface area contributed by atoms with Crippen molar-refractivity contribution in [2.45, 2.75) is 69.5 Å². The number of hydrogen-bond acceptors (Lipinski definition) is 6. The molecule has 46 heavy (non-hydrogen) atoms. The summed E-state index contributed by atoms with van der Waals surface area (Å²) < 4.78 is 0. The van der Waals surface area contributed by atoms with Crippen LogP contribution in [-0.2, 0) is 27.2 Å². The maximum atomic E-state index is 14.1. The molecule has 2 atom stereocenters. The van der Waals surface area contributed by atoms with E-state index in [1.54, 1.807) is 25.3 Å². The second-order valence-electron chi connectivity index (χ2n) is 12.6. The first-order chi connectivity index (χ1) is 22.2. The number of piperazine rings is 1. The molecule has 244 valence electrons. The first-order valence-electron chi connectivity index (χ1n) is 16.3. The summed E-state index contributed by atoms with van der Waals surface area (Å²) in [5.74, 6) is -0.477. The van der Waals surface area contributed by atoms with Crippen molar-refractivity contribution in [2.24, 2.45) is 5.73 Å². The van der Waals surface area contributed by atoms with Crippen molar-refractivity contribution >= 4 is 35.0 Å². The predicted octanol–water partition coefficient (Wildman–Crippen LogP) is 4.23. The summed E-state index contributed by atoms with van der Waals surface area (Å²) in [4.78, 5) is 50.8. The Hall–Kier alpha value is -3.79. The van der Waals surface area contributed by atoms with E-state index >= 15 is 0 Å². The van der Waals surface area contributed by atoms with E-state index in [-0.39, 0.29) is 29.7 Å². The van der Waals surface area contributed by atoms with Crippen LogP contribution in [0.3, 0.4) is 0 Å². The van der Waals surface area contributed by atoms with E-state index in [9.17, 15) is 14.4 Å². The fraction of sp³-hybridized carbons (Fsp3) is 0.444. The van der Waals surface area contributed by atoms with Gasteiger partial charge in [0.2, 0.25) is 17.7 Å². The highest BCUT2D eigenvalue weighted by molar-refractivity contribution is 6.30. The number of pyridine rings is 1. The topological polar surface area (TPSA) is 112 Å². The van der Waals surface area contributed by atoms with Crippen LogP contribution in [0.25, 0.3) is 0 Å². The molecule has 2 unspecified atom stereocenters. The lowest BCUT2D eigenvalue weighted by atomic mass is 9.79. The third-order valence-electron chi connectivity index (χ3n) is 9.41. The van der Waals surface area contributed by atoms with Gasteiger partial charge in [0.1, 0.15) is 6.04 Å². The van der Waals surface area contributed by atoms with E-state index < -0.39 is 12.1 Å². The Kier molecular flexibility index (Phi) is 11.4. The number of carbonyl (C=O) groups is 3. The van der Waals surface area contributed by atoms with Gasteiger partial charge in [-0.2, -0.15) is 0 Å². The van der Waals surface area contributed by atoms with Crippen molar-refractivity contribution in [1.82, 2.24) is 20.1 Å². The lowest BCUT2D eigenvalue weighted by molar-refractivity contribution is -0.139. The Morgan fingerprint density at radius 1 is 0.913 bits per heavy atom. The molecule has 3 N–H and O–H groups in total. The number of aromatic nitrogens is 1. The fourth-order valence-corrected chi connectivity index (χ4v) is 6.99. The molecular formula is C36H45ClN6O3. The number of nitrogens with one attached hydrogen (secondary N) is 1. The molecule has 2 heterocycles. The molecule has 1 aliphatic heterocycles. The van der Waals surface area contributed by atoms with Crippen molar-refractivity contribution in [3.8, 4) is 0 Å². The molecule has 0 bridgehead atoms. The molecule has 1 aliphatic carbocycles. The summed E-state index contributed by atoms with van der Waals surface area (Å²) >= 11 is 6.11. The van der Waals surface area contributed by atoms with E-state index in [0.717, 1.165) is 36.9 Å². The van der Waals surface area contributed by atoms with Gasteiger partial charge in [-0.05, 0) is 54.8 Å². The van der Waals surface area contributed by atoms with Crippen molar-refractivity contribution < 1.29 is 14.4 Å². The Morgan fingerprint density at radius 3 is 2.22 bits per heavy atom. The fourth-order valence-electron chi connectivity index (χ4n) is 6.86. The predicted molar refractivity (Wildman–Crippen MR) is 181 cm³/mol. The van der Waals surface area contributed by atoms with Crippen LogP contribution < -0.4 is 16.0 Å². The summed E-state index contributed by atoms with van der Waals surface area (Å²) in [7, 11) is 0. The number of rotatable bonds is 11. The lowest BCUT2D eigenvalue weighted by Crippen LogP contribution is -2.64. The Balaban J connectivity index is 1.28. The van der Waals surface area contributed by atoms with Crippen LogP contribution in [0.5, 0.6) is 0 Å². The molecule has 1 saturated heterocycles. The highest BCUT2D eigenvalue weighted by Gasteiger charge is 2.42. The quantitative estimate of drug-likeness (QED) is 0.323. The van der Waals surface area contributed by atoms with Crippen LogP contribution in [0, 0.1) is 0 Å². The Morgan fingerprint density at radius 2 is 1.59 bits per heavy atom. The summed E-state index contributed by atoms with van der Waals surface area (Å²) in [5, 5.41) is 3.57. The van der Waals surface area contributed by atoms with E-state index in [0.29, 0.717) is 49.9 Å². The minimum Gasteiger partial charge on any atom is -0.343 e. The number of halogens is 1. The standard InChI is InChI=1S/C36H45ClN6O3/c1-27(44)43(31-11-4-2-5-12-31)26-36(17-7-3-8-18-36)42-22-20-41(21-23-42)35(46)33(24-28-13-15-29(37)16-14-28)40-34(45)32(38)25-30-10-6-9-19-39-30/h2,4-6,9-16,19,32-33H,3,7-8,17-18,20-26,38H2,1H3,(H,40,45). The molecule has 0 radical (unpaired) electrons. The highest BCUT2D eigenvalue weighted by atomic mass is 35.5. The molecule has 1 aromatic heterocycles. The van der Waals surface area contributed by atoms with Crippen LogP contribution in [0.15, 0.2) is 79.0 Å². The maximum absolute atomic E-state index is 14.1. The van der Waals surface area contributed by atoms with E-state index in [1.165, 1.54) is 6.42 Å². The van der Waals surface area contributed by atoms with E-state index in [4.69, 9.17) is 17.3 Å². The molecule has 1 saturated carbocycles. The van der Waals surface area contributed by atoms with Crippen LogP contribution in [0.1, 0.15) is 50.3 Å². The molecule has 0 spiro atoms. The Bertz CT molecular complexity index is 1440. The molecule has 3 aromatic rings. The maximum Gasteiger partial charge on any atom is 0.245 e. The summed E-state index contributed by atoms with van der Waals surface area (Å²) in [5.41, 5.74) is 8.65. The molecule has 9 nitrogen and oxygen atoms in total. The number of nitrogens with zero attached hydrogens (tertiary/aromatic N) is 4. The van der Waals surface area contributed by atoms with Crippen LogP contribution in [-0.4, -0.2) is 82.9 Å². The highest BCUT2D eigenvalue weighted by Crippen LogP contribution is 2.36. The van der Waals surface area contributed by atoms with Crippen LogP contribution >= 0.6 is 11.6 Å². The van der Waals surface area contributed by atoms with E-state index in [1.807, 2.05) is 70.5 Å². The molecule has 3 amide bonds. The molecule has 5 rings (SSSR count). The third kappa shape index (κ3) is 8.51. The Labute approximate surface area is 277 Å². The van der Waals surface area contributed by atoms with Gasteiger partial charge in [0, 0.05) is 80.6 Å². The number of carbonyl (C=O) groups excluding carboxylic acids is 3. The van der Waals surface area contributed by atoms with Gasteiger partial charge >= 0.3 is 0 Å². The third-order valence-corrected chi connectivity index (χ3v) is 9.66. The van der Waals surface area contributed by atoms with Gasteiger partial charge in [-0.3, -0.25) is 24.3 Å². The number of para-hydroxylation sites is 1. The average Bonchev–Trinajstić information content (AvgIpc) is 3.08. The molecule has 10 heteroatoms. The SMILES string of the molecule is CC(=O)N(CC1(N2CCN(C(=O)C(Cc3ccc(Cl)cc3)NC(=O)C(N)Cc3ccccn3)CC2)CCCCC1)c1ccccc1. The lowest BCUT2D eigenvalue weighted by Gasteiger charge is -2.51. The van der Waals surface area contributed by atoms with Crippen molar-refractivity contribution in [3.05, 3.63) is 95.3 Å². The number of nitrogens with two attached hydrogens (primary N) is 1. The number of hydrogen-bond donors (Lipinski definition) is 2. The van der Waals surface area contributed by atoms with Crippen molar-refractivity contribution in [1.29, 1.82) is 0 Å². The van der Waals surface area contributed by atoms with Gasteiger partial charge in [0.05, 0.1) is 6.04 Å². The summed E-state index contributed by atoms with van der Waals surface area (Å²) in [6.07, 6.45) is 7.73. The van der Waals surface area contributed by atoms with E-state index in [2.05, 4.69) is 15.2 Å². The number of anilines is 1. The van der Waals surface area contributed by atoms with Gasteiger partial charge in [0.25, 0.3) is 0 Å². The van der Waals surface area contributed by atoms with Crippen LogP contribution in [0.2, 0.25) is 5.02 Å². The van der Waals surface area contributed by atoms with Gasteiger partial charge in [-0.15, -0.1) is 0 Å². The van der Waals surface area contributed by atoms with Crippen molar-refractivity contribution in [2.75, 3.05) is 37.6 Å². The normalized spacial score (nSPS) is 17.9. The summed E-state index contributed by atoms with van der Waals surface area (Å²) in [6, 6.07) is 21.1. The second kappa shape index (κ2) is 15.7. The zero-order chi connectivity index (χ0) is 32.5. The first kappa shape index (κ1) is 33.6. The molecule has 2 aliphatic rings. The van der Waals surface area contributed by atoms with Crippen LogP contribution in [0.4, 0.5) is 5.69 Å². The number of benzene rings is 2. The number of amides is 3. The minimum absolute atomic E-state index is 0.0343. The van der Waals surface area contributed by atoms with Gasteiger partial charge in [0.15, 0.2) is 0 Å². The molecule has 2 fully saturated rings. The zero-order valence-electron chi connectivity index (χ0n) is 26.6. The zero-order valence-corrected chi connectivity index (χ0v) is 27.4. The van der Waals surface area contributed by atoms with Gasteiger partial charge < -0.3 is 20.9 Å².